The summed E-state index contributed by atoms with van der Waals surface area (Å²) in [6, 6.07) is 10.7. The molecule has 0 aliphatic heterocycles. The van der Waals surface area contributed by atoms with Crippen molar-refractivity contribution in [3.8, 4) is 5.75 Å². The molecule has 3 rings (SSSR count). The Bertz CT molecular complexity index is 619. The third kappa shape index (κ3) is 2.62. The number of hydrogen-bond donors (Lipinski definition) is 2. The molecule has 0 saturated carbocycles. The predicted octanol–water partition coefficient (Wildman–Crippen LogP) is 4.33. The van der Waals surface area contributed by atoms with Crippen LogP contribution in [0.25, 0.3) is 0 Å². The second-order valence-electron chi connectivity index (χ2n) is 5.49. The van der Waals surface area contributed by atoms with Crippen LogP contribution in [0, 0.1) is 12.7 Å². The average Bonchev–Trinajstić information content (AvgIpc) is 2.37. The highest BCUT2D eigenvalue weighted by Gasteiger charge is 2.20. The molecule has 2 aromatic carbocycles. The molecule has 104 valence electrons. The van der Waals surface area contributed by atoms with E-state index in [0.29, 0.717) is 5.75 Å². The van der Waals surface area contributed by atoms with Gasteiger partial charge in [-0.3, -0.25) is 0 Å². The molecule has 3 heteroatoms. The molecule has 0 bridgehead atoms. The Morgan fingerprint density at radius 3 is 2.85 bits per heavy atom. The Labute approximate surface area is 118 Å². The van der Waals surface area contributed by atoms with Crippen molar-refractivity contribution in [1.29, 1.82) is 0 Å². The SMILES string of the molecule is Cc1cc(F)cc(NC2CCCc3cc(O)ccc32)c1. The van der Waals surface area contributed by atoms with Gasteiger partial charge in [0.05, 0.1) is 6.04 Å². The van der Waals surface area contributed by atoms with Gasteiger partial charge in [0.2, 0.25) is 0 Å². The first-order chi connectivity index (χ1) is 9.61. The van der Waals surface area contributed by atoms with E-state index in [-0.39, 0.29) is 11.9 Å². The summed E-state index contributed by atoms with van der Waals surface area (Å²) in [5.74, 6) is 0.0974. The van der Waals surface area contributed by atoms with Crippen LogP contribution in [0.3, 0.4) is 0 Å². The maximum atomic E-state index is 13.5. The predicted molar refractivity (Wildman–Crippen MR) is 78.5 cm³/mol. The summed E-state index contributed by atoms with van der Waals surface area (Å²) in [6.45, 7) is 1.89. The van der Waals surface area contributed by atoms with E-state index >= 15 is 0 Å². The fourth-order valence-electron chi connectivity index (χ4n) is 2.97. The van der Waals surface area contributed by atoms with E-state index in [0.717, 1.165) is 30.5 Å². The van der Waals surface area contributed by atoms with Crippen LogP contribution in [0.2, 0.25) is 0 Å². The number of benzene rings is 2. The second kappa shape index (κ2) is 5.16. The normalized spacial score (nSPS) is 17.6. The van der Waals surface area contributed by atoms with Gasteiger partial charge in [0, 0.05) is 5.69 Å². The Morgan fingerprint density at radius 1 is 1.20 bits per heavy atom. The Morgan fingerprint density at radius 2 is 2.05 bits per heavy atom. The van der Waals surface area contributed by atoms with Gasteiger partial charge >= 0.3 is 0 Å². The van der Waals surface area contributed by atoms with Crippen LogP contribution in [0.15, 0.2) is 36.4 Å². The maximum Gasteiger partial charge on any atom is 0.125 e. The quantitative estimate of drug-likeness (QED) is 0.852. The van der Waals surface area contributed by atoms with Gasteiger partial charge in [-0.15, -0.1) is 0 Å². The molecule has 0 aromatic heterocycles. The fourth-order valence-corrected chi connectivity index (χ4v) is 2.97. The first-order valence-corrected chi connectivity index (χ1v) is 6.97. The molecule has 20 heavy (non-hydrogen) atoms. The molecule has 1 aliphatic carbocycles. The first kappa shape index (κ1) is 13.0. The van der Waals surface area contributed by atoms with Crippen LogP contribution in [0.5, 0.6) is 5.75 Å². The Hall–Kier alpha value is -2.03. The zero-order chi connectivity index (χ0) is 14.1. The molecule has 0 saturated heterocycles. The zero-order valence-corrected chi connectivity index (χ0v) is 11.5. The lowest BCUT2D eigenvalue weighted by molar-refractivity contribution is 0.472. The molecule has 0 fully saturated rings. The molecule has 0 amide bonds. The topological polar surface area (TPSA) is 32.3 Å². The number of halogens is 1. The molecular formula is C17H18FNO. The van der Waals surface area contributed by atoms with E-state index in [1.165, 1.54) is 23.3 Å². The number of nitrogens with one attached hydrogen (secondary N) is 1. The summed E-state index contributed by atoms with van der Waals surface area (Å²) < 4.78 is 13.5. The largest absolute Gasteiger partial charge is 0.508 e. The third-order valence-corrected chi connectivity index (χ3v) is 3.82. The van der Waals surface area contributed by atoms with Crippen LogP contribution < -0.4 is 5.32 Å². The van der Waals surface area contributed by atoms with E-state index in [9.17, 15) is 9.50 Å². The summed E-state index contributed by atoms with van der Waals surface area (Å²) in [6.07, 6.45) is 3.08. The van der Waals surface area contributed by atoms with E-state index in [4.69, 9.17) is 0 Å². The Balaban J connectivity index is 1.89. The Kier molecular flexibility index (Phi) is 3.35. The standard InChI is InChI=1S/C17H18FNO/c1-11-7-13(18)10-14(8-11)19-17-4-2-3-12-9-15(20)5-6-16(12)17/h5-10,17,19-20H,2-4H2,1H3. The van der Waals surface area contributed by atoms with Crippen LogP contribution in [0.4, 0.5) is 10.1 Å². The van der Waals surface area contributed by atoms with E-state index in [1.807, 2.05) is 25.1 Å². The summed E-state index contributed by atoms with van der Waals surface area (Å²) in [7, 11) is 0. The maximum absolute atomic E-state index is 13.5. The zero-order valence-electron chi connectivity index (χ0n) is 11.5. The highest BCUT2D eigenvalue weighted by molar-refractivity contribution is 5.50. The summed E-state index contributed by atoms with van der Waals surface area (Å²) in [5.41, 5.74) is 4.11. The van der Waals surface area contributed by atoms with Crippen molar-refractivity contribution in [3.63, 3.8) is 0 Å². The van der Waals surface area contributed by atoms with Gasteiger partial charge < -0.3 is 10.4 Å². The molecule has 1 unspecified atom stereocenters. The van der Waals surface area contributed by atoms with E-state index in [2.05, 4.69) is 5.32 Å². The van der Waals surface area contributed by atoms with Crippen LogP contribution >= 0.6 is 0 Å². The fraction of sp³-hybridized carbons (Fsp3) is 0.294. The van der Waals surface area contributed by atoms with Gasteiger partial charge in [0.25, 0.3) is 0 Å². The molecule has 1 atom stereocenters. The molecule has 1 aliphatic rings. The van der Waals surface area contributed by atoms with E-state index < -0.39 is 0 Å². The highest BCUT2D eigenvalue weighted by atomic mass is 19.1. The lowest BCUT2D eigenvalue weighted by Crippen LogP contribution is -2.17. The van der Waals surface area contributed by atoms with Crippen molar-refractivity contribution < 1.29 is 9.50 Å². The van der Waals surface area contributed by atoms with Crippen molar-refractivity contribution in [2.24, 2.45) is 0 Å². The number of phenols is 1. The molecule has 2 aromatic rings. The molecule has 0 spiro atoms. The number of phenolic OH excluding ortho intramolecular Hbond substituents is 1. The van der Waals surface area contributed by atoms with Crippen molar-refractivity contribution in [2.45, 2.75) is 32.2 Å². The average molecular weight is 271 g/mol. The summed E-state index contributed by atoms with van der Waals surface area (Å²) in [5, 5.41) is 13.0. The number of hydrogen-bond acceptors (Lipinski definition) is 2. The molecule has 2 N–H and O–H groups in total. The smallest absolute Gasteiger partial charge is 0.125 e. The highest BCUT2D eigenvalue weighted by Crippen LogP contribution is 2.34. The van der Waals surface area contributed by atoms with Crippen LogP contribution in [-0.2, 0) is 6.42 Å². The van der Waals surface area contributed by atoms with E-state index in [1.54, 1.807) is 6.07 Å². The van der Waals surface area contributed by atoms with Crippen molar-refractivity contribution in [3.05, 3.63) is 58.9 Å². The minimum atomic E-state index is -0.214. The lowest BCUT2D eigenvalue weighted by atomic mass is 9.87. The molecule has 0 radical (unpaired) electrons. The second-order valence-corrected chi connectivity index (χ2v) is 5.49. The molecule has 0 heterocycles. The number of rotatable bonds is 2. The van der Waals surface area contributed by atoms with Gasteiger partial charge in [0.15, 0.2) is 0 Å². The summed E-state index contributed by atoms with van der Waals surface area (Å²) >= 11 is 0. The molecular weight excluding hydrogens is 253 g/mol. The van der Waals surface area contributed by atoms with Crippen molar-refractivity contribution in [2.75, 3.05) is 5.32 Å². The minimum absolute atomic E-state index is 0.181. The van der Waals surface area contributed by atoms with Gasteiger partial charge in [-0.25, -0.2) is 4.39 Å². The van der Waals surface area contributed by atoms with Crippen LogP contribution in [-0.4, -0.2) is 5.11 Å². The lowest BCUT2D eigenvalue weighted by Gasteiger charge is -2.27. The van der Waals surface area contributed by atoms with Crippen molar-refractivity contribution >= 4 is 5.69 Å². The monoisotopic (exact) mass is 271 g/mol. The number of aryl methyl sites for hydroxylation is 2. The third-order valence-electron chi connectivity index (χ3n) is 3.82. The van der Waals surface area contributed by atoms with Gasteiger partial charge in [0.1, 0.15) is 11.6 Å². The van der Waals surface area contributed by atoms with Crippen LogP contribution in [0.1, 0.15) is 35.6 Å². The number of aromatic hydroxyl groups is 1. The van der Waals surface area contributed by atoms with Gasteiger partial charge in [-0.2, -0.15) is 0 Å². The van der Waals surface area contributed by atoms with Crippen molar-refractivity contribution in [1.82, 2.24) is 0 Å². The van der Waals surface area contributed by atoms with Gasteiger partial charge in [-0.1, -0.05) is 6.07 Å². The number of anilines is 1. The van der Waals surface area contributed by atoms with Gasteiger partial charge in [-0.05, 0) is 73.2 Å². The summed E-state index contributed by atoms with van der Waals surface area (Å²) in [4.78, 5) is 0. The molecule has 2 nitrogen and oxygen atoms in total. The first-order valence-electron chi connectivity index (χ1n) is 6.97. The number of fused-ring (bicyclic) bond motifs is 1. The minimum Gasteiger partial charge on any atom is -0.508 e.